The summed E-state index contributed by atoms with van der Waals surface area (Å²) in [6, 6.07) is 14.3. The van der Waals surface area contributed by atoms with Crippen molar-refractivity contribution in [2.24, 2.45) is 16.2 Å². The van der Waals surface area contributed by atoms with Gasteiger partial charge in [-0.1, -0.05) is 39.0 Å². The van der Waals surface area contributed by atoms with E-state index in [1.54, 1.807) is 63.2 Å². The summed E-state index contributed by atoms with van der Waals surface area (Å²) in [7, 11) is 0. The number of carbonyl (C=O) groups excluding carboxylic acids is 5. The van der Waals surface area contributed by atoms with Crippen molar-refractivity contribution in [3.05, 3.63) is 60.2 Å². The molecule has 11 nitrogen and oxygen atoms in total. The van der Waals surface area contributed by atoms with E-state index in [9.17, 15) is 29.1 Å². The van der Waals surface area contributed by atoms with E-state index in [-0.39, 0.29) is 23.6 Å². The van der Waals surface area contributed by atoms with Crippen LogP contribution in [0.5, 0.6) is 0 Å². The Labute approximate surface area is 235 Å². The van der Waals surface area contributed by atoms with Crippen molar-refractivity contribution >= 4 is 41.1 Å². The van der Waals surface area contributed by atoms with Crippen LogP contribution in [0.15, 0.2) is 54.6 Å². The van der Waals surface area contributed by atoms with E-state index in [1.807, 2.05) is 0 Å². The van der Waals surface area contributed by atoms with E-state index in [4.69, 9.17) is 14.2 Å². The third-order valence-corrected chi connectivity index (χ3v) is 9.17. The molecule has 214 valence electrons. The molecule has 2 aromatic carbocycles. The Kier molecular flexibility index (Phi) is 5.67. The number of ether oxygens (including phenoxy) is 3. The Hall–Kier alpha value is -4.25. The first-order chi connectivity index (χ1) is 19.3. The molecule has 3 saturated heterocycles. The van der Waals surface area contributed by atoms with Gasteiger partial charge in [0.15, 0.2) is 12.3 Å². The van der Waals surface area contributed by atoms with Gasteiger partial charge in [-0.25, -0.2) is 4.79 Å². The van der Waals surface area contributed by atoms with Crippen LogP contribution in [0, 0.1) is 16.2 Å². The van der Waals surface area contributed by atoms with E-state index >= 15 is 0 Å². The zero-order valence-corrected chi connectivity index (χ0v) is 23.0. The molecule has 1 saturated carbocycles. The van der Waals surface area contributed by atoms with Gasteiger partial charge < -0.3 is 24.6 Å². The summed E-state index contributed by atoms with van der Waals surface area (Å²) in [6.07, 6.45) is -4.82. The highest BCUT2D eigenvalue weighted by Crippen LogP contribution is 2.76. The Morgan fingerprint density at radius 3 is 2.29 bits per heavy atom. The number of nitrogens with zero attached hydrogens (tertiary/aromatic N) is 1. The van der Waals surface area contributed by atoms with Crippen molar-refractivity contribution in [1.29, 1.82) is 0 Å². The summed E-state index contributed by atoms with van der Waals surface area (Å²) in [5.74, 6) is -3.31. The fourth-order valence-electron chi connectivity index (χ4n) is 7.44. The van der Waals surface area contributed by atoms with Gasteiger partial charge in [0.2, 0.25) is 5.91 Å². The topological polar surface area (TPSA) is 149 Å². The third kappa shape index (κ3) is 3.32. The smallest absolute Gasteiger partial charge is 0.338 e. The molecule has 1 aliphatic carbocycles. The van der Waals surface area contributed by atoms with Crippen LogP contribution in [-0.2, 0) is 33.4 Å². The number of anilines is 2. The number of carbonyl (C=O) groups is 5. The molecular weight excluding hydrogens is 532 g/mol. The van der Waals surface area contributed by atoms with Crippen LogP contribution in [0.3, 0.4) is 0 Å². The number of esters is 3. The Bertz CT molecular complexity index is 1480. The van der Waals surface area contributed by atoms with Crippen molar-refractivity contribution in [3.63, 3.8) is 0 Å². The Morgan fingerprint density at radius 2 is 1.68 bits per heavy atom. The quantitative estimate of drug-likeness (QED) is 0.424. The number of amides is 2. The Balaban J connectivity index is 1.57. The highest BCUT2D eigenvalue weighted by Gasteiger charge is 2.93. The number of hydrogen-bond donors (Lipinski definition) is 2. The van der Waals surface area contributed by atoms with Crippen LogP contribution < -0.4 is 10.2 Å². The summed E-state index contributed by atoms with van der Waals surface area (Å²) in [6.45, 7) is 6.62. The molecule has 4 fully saturated rings. The molecule has 2 N–H and O–H groups in total. The van der Waals surface area contributed by atoms with Gasteiger partial charge in [0.25, 0.3) is 5.91 Å². The van der Waals surface area contributed by atoms with Crippen molar-refractivity contribution in [1.82, 2.24) is 0 Å². The first kappa shape index (κ1) is 26.9. The van der Waals surface area contributed by atoms with Gasteiger partial charge in [0.05, 0.1) is 17.6 Å². The molecule has 2 aromatic rings. The van der Waals surface area contributed by atoms with E-state index in [2.05, 4.69) is 5.32 Å². The molecule has 0 aromatic heterocycles. The maximum absolute atomic E-state index is 14.4. The SMILES string of the molecule is CC(=O)Nc1ccc(N2C(=O)[C@H](OC(=O)c3ccccc3)C34[C@@H]2OC(=O)[C@@]32CC(=O)O[C@H]2C[C@@]4(O)C(C)(C)C)cc1. The largest absolute Gasteiger partial charge is 0.461 e. The lowest BCUT2D eigenvalue weighted by atomic mass is 9.52. The van der Waals surface area contributed by atoms with Crippen LogP contribution in [0.4, 0.5) is 11.4 Å². The van der Waals surface area contributed by atoms with Gasteiger partial charge in [0, 0.05) is 24.7 Å². The molecule has 6 atom stereocenters. The lowest BCUT2D eigenvalue weighted by Gasteiger charge is -2.51. The molecule has 41 heavy (non-hydrogen) atoms. The lowest BCUT2D eigenvalue weighted by Crippen LogP contribution is -2.66. The van der Waals surface area contributed by atoms with Crippen LogP contribution >= 0.6 is 0 Å². The van der Waals surface area contributed by atoms with E-state index in [0.717, 1.165) is 0 Å². The summed E-state index contributed by atoms with van der Waals surface area (Å²) in [5, 5.41) is 15.4. The molecule has 3 heterocycles. The molecular formula is C30H30N2O9. The standard InChI is InChI=1S/C30H30N2O9/c1-16(33)31-18-10-12-19(13-11-18)32-23(35)22(40-24(36)17-8-6-5-7-9-17)30-25(32)41-26(37)28(30)15-21(34)39-20(28)14-29(30,38)27(2,3)4/h5-13,20,22,25,38H,14-15H2,1-4H3,(H,31,33)/t20-,22-,25-,28-,29+,30?/m0/s1. The highest BCUT2D eigenvalue weighted by molar-refractivity contribution is 6.07. The number of rotatable bonds is 4. The van der Waals surface area contributed by atoms with Crippen molar-refractivity contribution in [2.75, 3.05) is 10.2 Å². The minimum absolute atomic E-state index is 0.157. The monoisotopic (exact) mass is 562 g/mol. The second-order valence-electron chi connectivity index (χ2n) is 12.2. The molecule has 0 radical (unpaired) electrons. The number of hydrogen-bond acceptors (Lipinski definition) is 9. The number of nitrogens with one attached hydrogen (secondary N) is 1. The maximum atomic E-state index is 14.4. The van der Waals surface area contributed by atoms with E-state index < -0.39 is 70.5 Å². The molecule has 1 unspecified atom stereocenters. The number of benzene rings is 2. The summed E-state index contributed by atoms with van der Waals surface area (Å²) >= 11 is 0. The van der Waals surface area contributed by atoms with Gasteiger partial charge in [-0.05, 0) is 41.8 Å². The normalized spacial score (nSPS) is 33.5. The molecule has 0 bridgehead atoms. The van der Waals surface area contributed by atoms with Gasteiger partial charge in [-0.15, -0.1) is 0 Å². The lowest BCUT2D eigenvalue weighted by molar-refractivity contribution is -0.204. The van der Waals surface area contributed by atoms with Gasteiger partial charge in [-0.3, -0.25) is 24.1 Å². The second kappa shape index (κ2) is 8.62. The Morgan fingerprint density at radius 1 is 1.02 bits per heavy atom. The number of aliphatic hydroxyl groups is 1. The van der Waals surface area contributed by atoms with E-state index in [0.29, 0.717) is 5.69 Å². The first-order valence-electron chi connectivity index (χ1n) is 13.4. The van der Waals surface area contributed by atoms with Crippen molar-refractivity contribution in [2.45, 2.75) is 64.6 Å². The summed E-state index contributed by atoms with van der Waals surface area (Å²) < 4.78 is 17.5. The minimum Gasteiger partial charge on any atom is -0.461 e. The average molecular weight is 563 g/mol. The zero-order chi connectivity index (χ0) is 29.5. The minimum atomic E-state index is -1.90. The summed E-state index contributed by atoms with van der Waals surface area (Å²) in [4.78, 5) is 67.3. The molecule has 2 amide bonds. The molecule has 6 rings (SSSR count). The van der Waals surface area contributed by atoms with Crippen LogP contribution in [0.1, 0.15) is 50.9 Å². The van der Waals surface area contributed by atoms with Gasteiger partial charge >= 0.3 is 17.9 Å². The first-order valence-corrected chi connectivity index (χ1v) is 13.4. The second-order valence-corrected chi connectivity index (χ2v) is 12.2. The highest BCUT2D eigenvalue weighted by atomic mass is 16.6. The fourth-order valence-corrected chi connectivity index (χ4v) is 7.44. The van der Waals surface area contributed by atoms with Gasteiger partial charge in [-0.2, -0.15) is 0 Å². The molecule has 4 aliphatic rings. The van der Waals surface area contributed by atoms with Crippen LogP contribution in [0.25, 0.3) is 0 Å². The van der Waals surface area contributed by atoms with Gasteiger partial charge in [0.1, 0.15) is 16.9 Å². The fraction of sp³-hybridized carbons (Fsp3) is 0.433. The van der Waals surface area contributed by atoms with Crippen molar-refractivity contribution < 1.29 is 43.3 Å². The molecule has 3 aliphatic heterocycles. The molecule has 2 spiro atoms. The predicted molar refractivity (Wildman–Crippen MR) is 142 cm³/mol. The predicted octanol–water partition coefficient (Wildman–Crippen LogP) is 2.57. The van der Waals surface area contributed by atoms with Crippen LogP contribution in [-0.4, -0.2) is 58.9 Å². The zero-order valence-electron chi connectivity index (χ0n) is 23.0. The average Bonchev–Trinajstić information content (AvgIpc) is 3.51. The third-order valence-electron chi connectivity index (χ3n) is 9.17. The van der Waals surface area contributed by atoms with E-state index in [1.165, 1.54) is 24.0 Å². The van der Waals surface area contributed by atoms with Crippen LogP contribution in [0.2, 0.25) is 0 Å². The summed E-state index contributed by atoms with van der Waals surface area (Å²) in [5.41, 5.74) is -5.63. The van der Waals surface area contributed by atoms with Crippen molar-refractivity contribution in [3.8, 4) is 0 Å². The maximum Gasteiger partial charge on any atom is 0.338 e. The molecule has 11 heteroatoms.